The Kier molecular flexibility index (Phi) is 19.9. The van der Waals surface area contributed by atoms with E-state index in [0.717, 1.165) is 50.7 Å². The van der Waals surface area contributed by atoms with Gasteiger partial charge in [-0.25, -0.2) is 13.6 Å². The van der Waals surface area contributed by atoms with Gasteiger partial charge in [-0.1, -0.05) is 85.9 Å². The third-order valence-corrected chi connectivity index (χ3v) is 6.71. The largest absolute Gasteiger partial charge is 0.462 e. The van der Waals surface area contributed by atoms with E-state index < -0.39 is 23.6 Å². The number of allylic oxidation sites excluding steroid dienone is 12. The second-order valence-corrected chi connectivity index (χ2v) is 10.7. The molecule has 0 fully saturated rings. The SMILES string of the molecule is CC/C=C\C/C=C\C/C=C\C/C=C\C/C=C\C/C=C\CCC(=O)NCCCOC(=O)c1cc(-c2ccc(F)cc2F)ccc1OC(C)=O. The van der Waals surface area contributed by atoms with Gasteiger partial charge in [0.15, 0.2) is 0 Å². The fourth-order valence-corrected chi connectivity index (χ4v) is 4.31. The molecular weight excluding hydrogens is 612 g/mol. The predicted octanol–water partition coefficient (Wildman–Crippen LogP) is 9.70. The van der Waals surface area contributed by atoms with Gasteiger partial charge in [0.25, 0.3) is 0 Å². The number of esters is 2. The first-order valence-electron chi connectivity index (χ1n) is 16.4. The molecule has 6 nitrogen and oxygen atoms in total. The molecule has 1 amide bonds. The molecule has 0 atom stereocenters. The lowest BCUT2D eigenvalue weighted by Crippen LogP contribution is -2.25. The number of carbonyl (C=O) groups excluding carboxylic acids is 3. The molecule has 8 heteroatoms. The summed E-state index contributed by atoms with van der Waals surface area (Å²) >= 11 is 0. The summed E-state index contributed by atoms with van der Waals surface area (Å²) < 4.78 is 38.1. The average Bonchev–Trinajstić information content (AvgIpc) is 3.05. The first-order valence-corrected chi connectivity index (χ1v) is 16.4. The monoisotopic (exact) mass is 659 g/mol. The van der Waals surface area contributed by atoms with Gasteiger partial charge in [-0.05, 0) is 81.2 Å². The van der Waals surface area contributed by atoms with Crippen molar-refractivity contribution in [3.8, 4) is 16.9 Å². The summed E-state index contributed by atoms with van der Waals surface area (Å²) in [5.41, 5.74) is 0.285. The molecule has 0 saturated carbocycles. The Hall–Kier alpha value is -4.85. The Balaban J connectivity index is 1.61. The molecule has 0 heterocycles. The molecule has 256 valence electrons. The summed E-state index contributed by atoms with van der Waals surface area (Å²) in [5, 5.41) is 2.80. The van der Waals surface area contributed by atoms with Crippen molar-refractivity contribution in [2.75, 3.05) is 13.2 Å². The van der Waals surface area contributed by atoms with E-state index >= 15 is 0 Å². The summed E-state index contributed by atoms with van der Waals surface area (Å²) in [6, 6.07) is 7.24. The highest BCUT2D eigenvalue weighted by molar-refractivity contribution is 5.95. The molecule has 0 aliphatic rings. The van der Waals surface area contributed by atoms with Gasteiger partial charge in [-0.2, -0.15) is 0 Å². The lowest BCUT2D eigenvalue weighted by molar-refractivity contribution is -0.131. The van der Waals surface area contributed by atoms with Crippen LogP contribution in [0.3, 0.4) is 0 Å². The maximum atomic E-state index is 14.3. The van der Waals surface area contributed by atoms with Gasteiger partial charge in [-0.3, -0.25) is 9.59 Å². The van der Waals surface area contributed by atoms with Crippen molar-refractivity contribution in [3.63, 3.8) is 0 Å². The zero-order valence-electron chi connectivity index (χ0n) is 28.0. The second kappa shape index (κ2) is 24.3. The second-order valence-electron chi connectivity index (χ2n) is 10.7. The predicted molar refractivity (Wildman–Crippen MR) is 188 cm³/mol. The van der Waals surface area contributed by atoms with E-state index in [9.17, 15) is 23.2 Å². The normalized spacial score (nSPS) is 12.0. The third-order valence-electron chi connectivity index (χ3n) is 6.71. The molecule has 0 saturated heterocycles. The van der Waals surface area contributed by atoms with E-state index in [1.54, 1.807) is 0 Å². The van der Waals surface area contributed by atoms with Crippen LogP contribution in [-0.2, 0) is 14.3 Å². The summed E-state index contributed by atoms with van der Waals surface area (Å²) in [5.74, 6) is -3.09. The number of hydrogen-bond acceptors (Lipinski definition) is 5. The molecule has 0 aliphatic carbocycles. The fourth-order valence-electron chi connectivity index (χ4n) is 4.31. The number of benzene rings is 2. The first-order chi connectivity index (χ1) is 23.3. The Morgan fingerprint density at radius 2 is 1.33 bits per heavy atom. The topological polar surface area (TPSA) is 81.7 Å². The quantitative estimate of drug-likeness (QED) is 0.0625. The number of rotatable bonds is 21. The van der Waals surface area contributed by atoms with Crippen molar-refractivity contribution in [1.82, 2.24) is 5.32 Å². The van der Waals surface area contributed by atoms with Gasteiger partial charge in [0.1, 0.15) is 22.9 Å². The standard InChI is InChI=1S/C40H47F2NO5/c1-3-4-5-6-7-8-9-10-11-12-13-14-15-16-17-18-19-20-21-23-39(45)43-28-22-29-47-40(46)36-30-33(24-27-38(36)48-32(2)44)35-26-25-34(41)31-37(35)42/h4-5,7-8,10-11,13-14,16-17,19-20,24-27,30-31H,3,6,9,12,15,18,21-23,28-29H2,1-2H3,(H,43,45)/b5-4-,8-7-,11-10-,14-13-,17-16-,20-19-. The minimum atomic E-state index is -0.800. The van der Waals surface area contributed by atoms with Gasteiger partial charge in [0.2, 0.25) is 5.91 Å². The Morgan fingerprint density at radius 1 is 0.750 bits per heavy atom. The summed E-state index contributed by atoms with van der Waals surface area (Å²) in [6.07, 6.45) is 32.6. The van der Waals surface area contributed by atoms with Crippen LogP contribution in [-0.4, -0.2) is 31.0 Å². The van der Waals surface area contributed by atoms with Crippen LogP contribution in [0.5, 0.6) is 5.75 Å². The van der Waals surface area contributed by atoms with Gasteiger partial charge >= 0.3 is 11.9 Å². The van der Waals surface area contributed by atoms with Gasteiger partial charge in [0.05, 0.1) is 6.61 Å². The summed E-state index contributed by atoms with van der Waals surface area (Å²) in [6.45, 7) is 3.64. The molecule has 0 spiro atoms. The molecular formula is C40H47F2NO5. The smallest absolute Gasteiger partial charge is 0.341 e. The molecule has 0 aromatic heterocycles. The highest BCUT2D eigenvalue weighted by Gasteiger charge is 2.18. The minimum absolute atomic E-state index is 0.000905. The fraction of sp³-hybridized carbons (Fsp3) is 0.325. The van der Waals surface area contributed by atoms with Crippen LogP contribution < -0.4 is 10.1 Å². The van der Waals surface area contributed by atoms with Crippen LogP contribution in [0.25, 0.3) is 11.1 Å². The third kappa shape index (κ3) is 17.2. The molecule has 0 unspecified atom stereocenters. The number of ether oxygens (including phenoxy) is 2. The van der Waals surface area contributed by atoms with Crippen LogP contribution in [0, 0.1) is 11.6 Å². The lowest BCUT2D eigenvalue weighted by atomic mass is 10.0. The Labute approximate surface area is 283 Å². The molecule has 2 aromatic carbocycles. The highest BCUT2D eigenvalue weighted by atomic mass is 19.1. The molecule has 48 heavy (non-hydrogen) atoms. The number of carbonyl (C=O) groups is 3. The van der Waals surface area contributed by atoms with Gasteiger partial charge < -0.3 is 14.8 Å². The Morgan fingerprint density at radius 3 is 1.90 bits per heavy atom. The van der Waals surface area contributed by atoms with E-state index in [2.05, 4.69) is 73.0 Å². The highest BCUT2D eigenvalue weighted by Crippen LogP contribution is 2.29. The molecule has 0 radical (unpaired) electrons. The van der Waals surface area contributed by atoms with E-state index in [0.29, 0.717) is 25.8 Å². The van der Waals surface area contributed by atoms with Crippen LogP contribution in [0.4, 0.5) is 8.78 Å². The van der Waals surface area contributed by atoms with Crippen molar-refractivity contribution in [1.29, 1.82) is 0 Å². The average molecular weight is 660 g/mol. The van der Waals surface area contributed by atoms with E-state index in [-0.39, 0.29) is 35.0 Å². The number of hydrogen-bond donors (Lipinski definition) is 1. The van der Waals surface area contributed by atoms with Crippen molar-refractivity contribution >= 4 is 17.8 Å². The lowest BCUT2D eigenvalue weighted by Gasteiger charge is -2.12. The van der Waals surface area contributed by atoms with E-state index in [4.69, 9.17) is 9.47 Å². The first kappa shape index (κ1) is 39.3. The summed E-state index contributed by atoms with van der Waals surface area (Å²) in [4.78, 5) is 36.4. The van der Waals surface area contributed by atoms with Crippen LogP contribution in [0.15, 0.2) is 109 Å². The zero-order chi connectivity index (χ0) is 34.8. The van der Waals surface area contributed by atoms with E-state index in [1.165, 1.54) is 31.2 Å². The number of amides is 1. The molecule has 2 rings (SSSR count). The maximum Gasteiger partial charge on any atom is 0.341 e. The minimum Gasteiger partial charge on any atom is -0.462 e. The van der Waals surface area contributed by atoms with Gasteiger partial charge in [0, 0.05) is 31.5 Å². The zero-order valence-corrected chi connectivity index (χ0v) is 28.0. The molecule has 1 N–H and O–H groups in total. The maximum absolute atomic E-state index is 14.3. The van der Waals surface area contributed by atoms with Crippen molar-refractivity contribution in [2.45, 2.75) is 71.6 Å². The van der Waals surface area contributed by atoms with Gasteiger partial charge in [-0.15, -0.1) is 0 Å². The van der Waals surface area contributed by atoms with Crippen LogP contribution >= 0.6 is 0 Å². The molecule has 0 aliphatic heterocycles. The van der Waals surface area contributed by atoms with Crippen molar-refractivity contribution < 1.29 is 32.6 Å². The van der Waals surface area contributed by atoms with E-state index in [1.807, 2.05) is 12.2 Å². The van der Waals surface area contributed by atoms with Crippen molar-refractivity contribution in [2.24, 2.45) is 0 Å². The van der Waals surface area contributed by atoms with Crippen molar-refractivity contribution in [3.05, 3.63) is 127 Å². The number of halogens is 2. The Bertz CT molecular complexity index is 1490. The molecule has 2 aromatic rings. The molecule has 0 bridgehead atoms. The van der Waals surface area contributed by atoms with Crippen LogP contribution in [0.1, 0.15) is 82.0 Å². The van der Waals surface area contributed by atoms with Crippen LogP contribution in [0.2, 0.25) is 0 Å². The number of nitrogens with one attached hydrogen (secondary N) is 1. The summed E-state index contributed by atoms with van der Waals surface area (Å²) in [7, 11) is 0.